The van der Waals surface area contributed by atoms with Crippen molar-refractivity contribution in [2.24, 2.45) is 0 Å². The highest BCUT2D eigenvalue weighted by molar-refractivity contribution is 5.82. The molecule has 1 atom stereocenters. The van der Waals surface area contributed by atoms with Crippen molar-refractivity contribution < 1.29 is 9.21 Å². The van der Waals surface area contributed by atoms with Crippen LogP contribution < -0.4 is 5.32 Å². The second kappa shape index (κ2) is 4.49. The lowest BCUT2D eigenvalue weighted by atomic mass is 10.0. The molecular formula is C11H16N2O2. The van der Waals surface area contributed by atoms with Gasteiger partial charge in [0.25, 0.3) is 0 Å². The summed E-state index contributed by atoms with van der Waals surface area (Å²) in [5.41, 5.74) is 1.06. The van der Waals surface area contributed by atoms with E-state index in [9.17, 15) is 4.79 Å². The Kier molecular flexibility index (Phi) is 3.06. The largest absolute Gasteiger partial charge is 0.472 e. The molecule has 2 rings (SSSR count). The summed E-state index contributed by atoms with van der Waals surface area (Å²) >= 11 is 0. The Bertz CT molecular complexity index is 321. The average Bonchev–Trinajstić information content (AvgIpc) is 2.74. The Labute approximate surface area is 89.2 Å². The van der Waals surface area contributed by atoms with Crippen LogP contribution in [-0.2, 0) is 11.3 Å². The molecule has 4 nitrogen and oxygen atoms in total. The molecule has 1 aromatic heterocycles. The maximum atomic E-state index is 11.9. The third kappa shape index (κ3) is 2.21. The molecule has 1 saturated heterocycles. The number of nitrogens with one attached hydrogen (secondary N) is 1. The van der Waals surface area contributed by atoms with E-state index >= 15 is 0 Å². The fourth-order valence-electron chi connectivity index (χ4n) is 1.97. The van der Waals surface area contributed by atoms with Crippen LogP contribution in [0.25, 0.3) is 0 Å². The smallest absolute Gasteiger partial charge is 0.239 e. The van der Waals surface area contributed by atoms with Gasteiger partial charge in [-0.3, -0.25) is 4.79 Å². The maximum absolute atomic E-state index is 11.9. The van der Waals surface area contributed by atoms with E-state index in [2.05, 4.69) is 5.32 Å². The van der Waals surface area contributed by atoms with Gasteiger partial charge in [-0.2, -0.15) is 0 Å². The van der Waals surface area contributed by atoms with Gasteiger partial charge >= 0.3 is 0 Å². The first kappa shape index (κ1) is 10.2. The normalized spacial score (nSPS) is 22.1. The summed E-state index contributed by atoms with van der Waals surface area (Å²) in [4.78, 5) is 13.8. The number of rotatable bonds is 3. The number of hydrogen-bond acceptors (Lipinski definition) is 3. The van der Waals surface area contributed by atoms with Crippen molar-refractivity contribution in [2.75, 3.05) is 13.6 Å². The molecule has 1 aliphatic rings. The van der Waals surface area contributed by atoms with E-state index in [1.165, 1.54) is 0 Å². The van der Waals surface area contributed by atoms with Crippen LogP contribution in [0, 0.1) is 0 Å². The highest BCUT2D eigenvalue weighted by Gasteiger charge is 2.27. The fraction of sp³-hybridized carbons (Fsp3) is 0.545. The summed E-state index contributed by atoms with van der Waals surface area (Å²) in [6.07, 6.45) is 5.34. The Morgan fingerprint density at radius 2 is 2.53 bits per heavy atom. The Morgan fingerprint density at radius 3 is 3.20 bits per heavy atom. The zero-order valence-corrected chi connectivity index (χ0v) is 8.90. The molecule has 1 fully saturated rings. The Balaban J connectivity index is 1.99. The molecule has 15 heavy (non-hydrogen) atoms. The van der Waals surface area contributed by atoms with Crippen LogP contribution >= 0.6 is 0 Å². The van der Waals surface area contributed by atoms with E-state index in [1.807, 2.05) is 18.0 Å². The van der Waals surface area contributed by atoms with E-state index in [0.29, 0.717) is 6.54 Å². The number of hydrogen-bond donors (Lipinski definition) is 1. The van der Waals surface area contributed by atoms with E-state index in [0.717, 1.165) is 24.9 Å². The molecule has 0 spiro atoms. The lowest BCUT2D eigenvalue weighted by molar-refractivity contribution is -0.136. The molecule has 1 amide bonds. The molecule has 4 heteroatoms. The fourth-order valence-corrected chi connectivity index (χ4v) is 1.97. The van der Waals surface area contributed by atoms with Crippen LogP contribution in [0.3, 0.4) is 0 Å². The number of carbonyl (C=O) groups is 1. The van der Waals surface area contributed by atoms with Crippen molar-refractivity contribution in [3.05, 3.63) is 24.2 Å². The molecule has 0 radical (unpaired) electrons. The van der Waals surface area contributed by atoms with Gasteiger partial charge in [0.2, 0.25) is 5.91 Å². The van der Waals surface area contributed by atoms with Crippen molar-refractivity contribution in [1.82, 2.24) is 10.2 Å². The van der Waals surface area contributed by atoms with Crippen LogP contribution in [0.1, 0.15) is 18.4 Å². The number of likely N-dealkylation sites (N-methyl/N-ethyl adjacent to an activating group) is 1. The van der Waals surface area contributed by atoms with Crippen molar-refractivity contribution in [2.45, 2.75) is 25.4 Å². The van der Waals surface area contributed by atoms with Gasteiger partial charge in [-0.05, 0) is 26.0 Å². The van der Waals surface area contributed by atoms with Gasteiger partial charge in [-0.25, -0.2) is 0 Å². The molecule has 0 aromatic carbocycles. The molecule has 2 heterocycles. The van der Waals surface area contributed by atoms with Crippen LogP contribution in [0.4, 0.5) is 0 Å². The number of furan rings is 1. The molecule has 1 aliphatic heterocycles. The summed E-state index contributed by atoms with van der Waals surface area (Å²) in [6, 6.07) is 1.89. The predicted octanol–water partition coefficient (Wildman–Crippen LogP) is 0.990. The van der Waals surface area contributed by atoms with Gasteiger partial charge in [0, 0.05) is 18.7 Å². The minimum absolute atomic E-state index is 0.00866. The number of likely N-dealkylation sites (tertiary alicyclic amines) is 1. The second-order valence-electron chi connectivity index (χ2n) is 3.87. The molecule has 0 bridgehead atoms. The topological polar surface area (TPSA) is 45.5 Å². The number of carbonyl (C=O) groups excluding carboxylic acids is 1. The maximum Gasteiger partial charge on any atom is 0.239 e. The first-order valence-corrected chi connectivity index (χ1v) is 5.28. The molecular weight excluding hydrogens is 192 g/mol. The molecule has 1 unspecified atom stereocenters. The van der Waals surface area contributed by atoms with Crippen LogP contribution in [0.15, 0.2) is 23.0 Å². The molecule has 0 saturated carbocycles. The van der Waals surface area contributed by atoms with E-state index in [1.54, 1.807) is 12.5 Å². The second-order valence-corrected chi connectivity index (χ2v) is 3.87. The van der Waals surface area contributed by atoms with Crippen LogP contribution in [0.5, 0.6) is 0 Å². The van der Waals surface area contributed by atoms with Crippen LogP contribution in [-0.4, -0.2) is 30.4 Å². The standard InChI is InChI=1S/C11H16N2O2/c1-12-10-3-2-5-13(11(10)14)7-9-4-6-15-8-9/h4,6,8,10,12H,2-3,5,7H2,1H3. The average molecular weight is 208 g/mol. The zero-order chi connectivity index (χ0) is 10.7. The lowest BCUT2D eigenvalue weighted by Gasteiger charge is -2.31. The number of piperidine rings is 1. The summed E-state index contributed by atoms with van der Waals surface area (Å²) in [5, 5.41) is 3.05. The molecule has 1 aromatic rings. The van der Waals surface area contributed by atoms with Gasteiger partial charge in [-0.1, -0.05) is 0 Å². The molecule has 1 N–H and O–H groups in total. The minimum atomic E-state index is -0.00866. The monoisotopic (exact) mass is 208 g/mol. The van der Waals surface area contributed by atoms with Gasteiger partial charge in [-0.15, -0.1) is 0 Å². The Hall–Kier alpha value is -1.29. The third-order valence-corrected chi connectivity index (χ3v) is 2.83. The SMILES string of the molecule is CNC1CCCN(Cc2ccoc2)C1=O. The predicted molar refractivity (Wildman–Crippen MR) is 56.2 cm³/mol. The minimum Gasteiger partial charge on any atom is -0.472 e. The van der Waals surface area contributed by atoms with Gasteiger partial charge in [0.15, 0.2) is 0 Å². The van der Waals surface area contributed by atoms with Gasteiger partial charge in [0.05, 0.1) is 18.6 Å². The zero-order valence-electron chi connectivity index (χ0n) is 8.90. The van der Waals surface area contributed by atoms with Crippen LogP contribution in [0.2, 0.25) is 0 Å². The number of amides is 1. The Morgan fingerprint density at radius 1 is 1.67 bits per heavy atom. The summed E-state index contributed by atoms with van der Waals surface area (Å²) < 4.78 is 4.99. The first-order valence-electron chi connectivity index (χ1n) is 5.28. The van der Waals surface area contributed by atoms with Crippen molar-refractivity contribution in [1.29, 1.82) is 0 Å². The summed E-state index contributed by atoms with van der Waals surface area (Å²) in [6.45, 7) is 1.51. The summed E-state index contributed by atoms with van der Waals surface area (Å²) in [5.74, 6) is 0.199. The van der Waals surface area contributed by atoms with E-state index in [4.69, 9.17) is 4.42 Å². The van der Waals surface area contributed by atoms with Crippen molar-refractivity contribution in [3.8, 4) is 0 Å². The molecule has 82 valence electrons. The van der Waals surface area contributed by atoms with E-state index in [-0.39, 0.29) is 11.9 Å². The van der Waals surface area contributed by atoms with Gasteiger partial charge in [0.1, 0.15) is 0 Å². The highest BCUT2D eigenvalue weighted by Crippen LogP contribution is 2.15. The quantitative estimate of drug-likeness (QED) is 0.805. The highest BCUT2D eigenvalue weighted by atomic mass is 16.3. The third-order valence-electron chi connectivity index (χ3n) is 2.83. The van der Waals surface area contributed by atoms with E-state index < -0.39 is 0 Å². The molecule has 0 aliphatic carbocycles. The van der Waals surface area contributed by atoms with Crippen molar-refractivity contribution >= 4 is 5.91 Å². The lowest BCUT2D eigenvalue weighted by Crippen LogP contribution is -2.49. The first-order chi connectivity index (χ1) is 7.31. The number of nitrogens with zero attached hydrogens (tertiary/aromatic N) is 1. The summed E-state index contributed by atoms with van der Waals surface area (Å²) in [7, 11) is 1.84. The van der Waals surface area contributed by atoms with Crippen molar-refractivity contribution in [3.63, 3.8) is 0 Å². The van der Waals surface area contributed by atoms with Gasteiger partial charge < -0.3 is 14.6 Å².